The quantitative estimate of drug-likeness (QED) is 0.869. The number of nitrogens with one attached hydrogen (secondary N) is 1. The molecule has 0 bridgehead atoms. The Balaban J connectivity index is 2.13. The molecular weight excluding hydrogens is 248 g/mol. The summed E-state index contributed by atoms with van der Waals surface area (Å²) in [5.74, 6) is 0.257. The van der Waals surface area contributed by atoms with Gasteiger partial charge in [-0.2, -0.15) is 0 Å². The number of anilines is 1. The highest BCUT2D eigenvalue weighted by atomic mass is 16.5. The molecule has 0 radical (unpaired) electrons. The van der Waals surface area contributed by atoms with Crippen molar-refractivity contribution in [3.63, 3.8) is 0 Å². The first kappa shape index (κ1) is 12.9. The second-order valence-electron chi connectivity index (χ2n) is 4.11. The van der Waals surface area contributed by atoms with Crippen LogP contribution in [0.4, 0.5) is 5.95 Å². The van der Waals surface area contributed by atoms with Gasteiger partial charge in [0.15, 0.2) is 0 Å². The molecule has 0 aliphatic carbocycles. The minimum absolute atomic E-state index is 0.00579. The van der Waals surface area contributed by atoms with Crippen molar-refractivity contribution < 1.29 is 9.53 Å². The Labute approximate surface area is 109 Å². The van der Waals surface area contributed by atoms with E-state index in [0.717, 1.165) is 0 Å². The lowest BCUT2D eigenvalue weighted by Crippen LogP contribution is -2.17. The Hall–Kier alpha value is -2.51. The molecule has 0 aliphatic heterocycles. The van der Waals surface area contributed by atoms with Crippen LogP contribution in [-0.4, -0.2) is 37.2 Å². The second-order valence-corrected chi connectivity index (χ2v) is 4.11. The number of ether oxygens (including phenoxy) is 1. The third kappa shape index (κ3) is 3.24. The molecule has 0 atom stereocenters. The number of rotatable bonds is 4. The lowest BCUT2D eigenvalue weighted by molar-refractivity contribution is 0.101. The van der Waals surface area contributed by atoms with Crippen LogP contribution >= 0.6 is 0 Å². The highest BCUT2D eigenvalue weighted by Crippen LogP contribution is 2.10. The van der Waals surface area contributed by atoms with E-state index in [1.807, 2.05) is 13.8 Å². The Morgan fingerprint density at radius 1 is 1.42 bits per heavy atom. The molecule has 8 heteroatoms. The van der Waals surface area contributed by atoms with Gasteiger partial charge in [-0.1, -0.05) is 11.2 Å². The average Bonchev–Trinajstić information content (AvgIpc) is 2.74. The third-order valence-electron chi connectivity index (χ3n) is 2.16. The number of carbonyl (C=O) groups excluding carboxylic acids is 1. The maximum absolute atomic E-state index is 12.0. The van der Waals surface area contributed by atoms with Gasteiger partial charge in [0.05, 0.1) is 6.10 Å². The first-order chi connectivity index (χ1) is 9.06. The van der Waals surface area contributed by atoms with Gasteiger partial charge in [-0.3, -0.25) is 10.1 Å². The number of aromatic nitrogens is 5. The molecule has 2 aromatic heterocycles. The Morgan fingerprint density at radius 2 is 2.21 bits per heavy atom. The number of carbonyl (C=O) groups is 1. The maximum Gasteiger partial charge on any atom is 0.276 e. The van der Waals surface area contributed by atoms with Gasteiger partial charge in [0, 0.05) is 13.1 Å². The fraction of sp³-hybridized carbons (Fsp3) is 0.364. The number of nitrogens with zero attached hydrogens (tertiary/aromatic N) is 5. The van der Waals surface area contributed by atoms with E-state index in [4.69, 9.17) is 4.74 Å². The van der Waals surface area contributed by atoms with E-state index in [2.05, 4.69) is 25.8 Å². The lowest BCUT2D eigenvalue weighted by atomic mass is 10.3. The van der Waals surface area contributed by atoms with Crippen LogP contribution < -0.4 is 10.1 Å². The van der Waals surface area contributed by atoms with Crippen molar-refractivity contribution >= 4 is 11.9 Å². The summed E-state index contributed by atoms with van der Waals surface area (Å²) in [5, 5.41) is 13.3. The van der Waals surface area contributed by atoms with E-state index >= 15 is 0 Å². The van der Waals surface area contributed by atoms with Crippen LogP contribution in [0.3, 0.4) is 0 Å². The maximum atomic E-state index is 12.0. The van der Waals surface area contributed by atoms with Crippen molar-refractivity contribution in [1.29, 1.82) is 0 Å². The second kappa shape index (κ2) is 5.42. The zero-order valence-electron chi connectivity index (χ0n) is 10.9. The summed E-state index contributed by atoms with van der Waals surface area (Å²) >= 11 is 0. The largest absolute Gasteiger partial charge is 0.475 e. The summed E-state index contributed by atoms with van der Waals surface area (Å²) in [6.07, 6.45) is -0.00579. The molecule has 8 nitrogen and oxygen atoms in total. The number of hydrogen-bond acceptors (Lipinski definition) is 6. The van der Waals surface area contributed by atoms with E-state index in [1.54, 1.807) is 25.2 Å². The topological polar surface area (TPSA) is 94.8 Å². The van der Waals surface area contributed by atoms with Gasteiger partial charge >= 0.3 is 0 Å². The summed E-state index contributed by atoms with van der Waals surface area (Å²) in [6, 6.07) is 4.99. The van der Waals surface area contributed by atoms with Crippen molar-refractivity contribution in [1.82, 2.24) is 25.2 Å². The number of pyridine rings is 1. The minimum Gasteiger partial charge on any atom is -0.475 e. The fourth-order valence-electron chi connectivity index (χ4n) is 1.35. The summed E-state index contributed by atoms with van der Waals surface area (Å²) in [7, 11) is 1.63. The van der Waals surface area contributed by atoms with Gasteiger partial charge in [-0.15, -0.1) is 0 Å². The van der Waals surface area contributed by atoms with E-state index in [0.29, 0.717) is 5.88 Å². The van der Waals surface area contributed by atoms with Gasteiger partial charge in [0.25, 0.3) is 5.91 Å². The van der Waals surface area contributed by atoms with Crippen molar-refractivity contribution in [3.05, 3.63) is 23.9 Å². The molecule has 0 spiro atoms. The molecule has 100 valence electrons. The number of aryl methyl sites for hydroxylation is 1. The van der Waals surface area contributed by atoms with Crippen LogP contribution in [0.25, 0.3) is 0 Å². The molecule has 2 heterocycles. The molecule has 1 N–H and O–H groups in total. The van der Waals surface area contributed by atoms with Gasteiger partial charge in [-0.05, 0) is 30.3 Å². The predicted molar refractivity (Wildman–Crippen MR) is 66.8 cm³/mol. The Bertz CT molecular complexity index is 580. The third-order valence-corrected chi connectivity index (χ3v) is 2.16. The van der Waals surface area contributed by atoms with Crippen LogP contribution in [0.2, 0.25) is 0 Å². The SMILES string of the molecule is CC(C)Oc1cccc(C(=O)Nc2nnnn2C)n1. The predicted octanol–water partition coefficient (Wildman–Crippen LogP) is 0.645. The van der Waals surface area contributed by atoms with Gasteiger partial charge < -0.3 is 4.74 Å². The minimum atomic E-state index is -0.396. The van der Waals surface area contributed by atoms with Crippen LogP contribution in [0.1, 0.15) is 24.3 Å². The van der Waals surface area contributed by atoms with E-state index in [-0.39, 0.29) is 17.7 Å². The molecule has 19 heavy (non-hydrogen) atoms. The van der Waals surface area contributed by atoms with Crippen LogP contribution in [0.5, 0.6) is 5.88 Å². The molecule has 0 fully saturated rings. The Kier molecular flexibility index (Phi) is 3.69. The molecule has 0 saturated carbocycles. The monoisotopic (exact) mass is 262 g/mol. The number of tetrazole rings is 1. The van der Waals surface area contributed by atoms with Crippen LogP contribution in [-0.2, 0) is 7.05 Å². The summed E-state index contributed by atoms with van der Waals surface area (Å²) in [5.41, 5.74) is 0.237. The molecule has 0 unspecified atom stereocenters. The van der Waals surface area contributed by atoms with Gasteiger partial charge in [0.2, 0.25) is 11.8 Å². The molecule has 2 rings (SSSR count). The van der Waals surface area contributed by atoms with E-state index in [9.17, 15) is 4.79 Å². The van der Waals surface area contributed by atoms with Gasteiger partial charge in [0.1, 0.15) is 5.69 Å². The fourth-order valence-corrected chi connectivity index (χ4v) is 1.35. The Morgan fingerprint density at radius 3 is 2.84 bits per heavy atom. The van der Waals surface area contributed by atoms with Crippen molar-refractivity contribution in [2.75, 3.05) is 5.32 Å². The molecule has 1 amide bonds. The van der Waals surface area contributed by atoms with Crippen molar-refractivity contribution in [3.8, 4) is 5.88 Å². The first-order valence-electron chi connectivity index (χ1n) is 5.73. The molecule has 0 saturated heterocycles. The highest BCUT2D eigenvalue weighted by molar-refractivity contribution is 6.01. The summed E-state index contributed by atoms with van der Waals surface area (Å²) in [6.45, 7) is 3.78. The summed E-state index contributed by atoms with van der Waals surface area (Å²) < 4.78 is 6.78. The van der Waals surface area contributed by atoms with Crippen LogP contribution in [0.15, 0.2) is 18.2 Å². The van der Waals surface area contributed by atoms with Crippen molar-refractivity contribution in [2.45, 2.75) is 20.0 Å². The average molecular weight is 262 g/mol. The standard InChI is InChI=1S/C11H14N6O2/c1-7(2)19-9-6-4-5-8(12-9)10(18)13-11-14-15-16-17(11)3/h4-7H,1-3H3,(H,13,14,16,18). The zero-order valence-corrected chi connectivity index (χ0v) is 10.9. The van der Waals surface area contributed by atoms with E-state index in [1.165, 1.54) is 4.68 Å². The molecule has 0 aliphatic rings. The normalized spacial score (nSPS) is 10.5. The zero-order chi connectivity index (χ0) is 13.8. The van der Waals surface area contributed by atoms with Gasteiger partial charge in [-0.25, -0.2) is 9.67 Å². The smallest absolute Gasteiger partial charge is 0.276 e. The number of amides is 1. The molecule has 0 aromatic carbocycles. The van der Waals surface area contributed by atoms with Crippen LogP contribution in [0, 0.1) is 0 Å². The first-order valence-corrected chi connectivity index (χ1v) is 5.73. The number of hydrogen-bond donors (Lipinski definition) is 1. The summed E-state index contributed by atoms with van der Waals surface area (Å²) in [4.78, 5) is 16.1. The molecule has 2 aromatic rings. The van der Waals surface area contributed by atoms with E-state index < -0.39 is 5.91 Å². The van der Waals surface area contributed by atoms with Crippen molar-refractivity contribution in [2.24, 2.45) is 7.05 Å². The lowest BCUT2D eigenvalue weighted by Gasteiger charge is -2.09. The molecular formula is C11H14N6O2. The highest BCUT2D eigenvalue weighted by Gasteiger charge is 2.12.